The zero-order chi connectivity index (χ0) is 16.4. The number of hydrogen-bond acceptors (Lipinski definition) is 3. The van der Waals surface area contributed by atoms with E-state index in [0.717, 1.165) is 22.9 Å². The average Bonchev–Trinajstić information content (AvgIpc) is 3.01. The Balaban J connectivity index is 1.86. The molecule has 2 aromatic heterocycles. The molecule has 0 unspecified atom stereocenters. The fourth-order valence-electron chi connectivity index (χ4n) is 2.84. The van der Waals surface area contributed by atoms with E-state index >= 15 is 0 Å². The summed E-state index contributed by atoms with van der Waals surface area (Å²) in [6.07, 6.45) is 0.757. The third kappa shape index (κ3) is 2.58. The maximum atomic E-state index is 11.0. The number of benzene rings is 2. The number of carbonyl (C=O) groups excluding carboxylic acids is 1. The number of aldehydes is 1. The fraction of sp³-hybridized carbons (Fsp3) is 0.0500. The molecule has 0 aliphatic carbocycles. The van der Waals surface area contributed by atoms with Gasteiger partial charge in [-0.05, 0) is 23.8 Å². The predicted octanol–water partition coefficient (Wildman–Crippen LogP) is 3.96. The molecule has 0 fully saturated rings. The molecule has 4 heteroatoms. The van der Waals surface area contributed by atoms with Crippen LogP contribution >= 0.6 is 0 Å². The summed E-state index contributed by atoms with van der Waals surface area (Å²) < 4.78 is 1.98. The van der Waals surface area contributed by atoms with Gasteiger partial charge in [-0.2, -0.15) is 5.10 Å². The molecule has 4 aromatic rings. The third-order valence-corrected chi connectivity index (χ3v) is 3.97. The molecule has 0 bridgehead atoms. The van der Waals surface area contributed by atoms with E-state index < -0.39 is 0 Å². The Morgan fingerprint density at radius 3 is 2.50 bits per heavy atom. The van der Waals surface area contributed by atoms with Crippen molar-refractivity contribution in [2.75, 3.05) is 0 Å². The lowest BCUT2D eigenvalue weighted by atomic mass is 10.1. The summed E-state index contributed by atoms with van der Waals surface area (Å²) in [4.78, 5) is 15.4. The van der Waals surface area contributed by atoms with E-state index in [2.05, 4.69) is 23.2 Å². The van der Waals surface area contributed by atoms with Gasteiger partial charge in [0.25, 0.3) is 0 Å². The van der Waals surface area contributed by atoms with E-state index in [1.165, 1.54) is 5.56 Å². The van der Waals surface area contributed by atoms with Gasteiger partial charge in [-0.25, -0.2) is 4.98 Å². The van der Waals surface area contributed by atoms with Crippen molar-refractivity contribution in [1.29, 1.82) is 0 Å². The Kier molecular flexibility index (Phi) is 3.63. The first-order valence-electron chi connectivity index (χ1n) is 7.77. The van der Waals surface area contributed by atoms with Gasteiger partial charge in [0.05, 0.1) is 17.8 Å². The molecular weight excluding hydrogens is 298 g/mol. The van der Waals surface area contributed by atoms with Gasteiger partial charge in [-0.1, -0.05) is 54.6 Å². The van der Waals surface area contributed by atoms with Crippen LogP contribution in [-0.4, -0.2) is 21.1 Å². The van der Waals surface area contributed by atoms with Gasteiger partial charge in [-0.15, -0.1) is 0 Å². The highest BCUT2D eigenvalue weighted by molar-refractivity contribution is 5.92. The first-order valence-corrected chi connectivity index (χ1v) is 7.77. The molecule has 0 radical (unpaired) electrons. The number of hydrogen-bond donors (Lipinski definition) is 0. The van der Waals surface area contributed by atoms with Gasteiger partial charge in [0.15, 0.2) is 6.29 Å². The van der Waals surface area contributed by atoms with Crippen molar-refractivity contribution >= 4 is 17.2 Å². The zero-order valence-electron chi connectivity index (χ0n) is 13.0. The lowest BCUT2D eigenvalue weighted by molar-refractivity contribution is 0.111. The van der Waals surface area contributed by atoms with Crippen molar-refractivity contribution in [3.8, 4) is 11.4 Å². The molecule has 0 aliphatic heterocycles. The summed E-state index contributed by atoms with van der Waals surface area (Å²) in [5.41, 5.74) is 4.16. The molecule has 0 spiro atoms. The van der Waals surface area contributed by atoms with Crippen LogP contribution in [0.4, 0.5) is 0 Å². The Hall–Kier alpha value is -3.27. The normalized spacial score (nSPS) is 10.8. The minimum atomic E-state index is 0.411. The van der Waals surface area contributed by atoms with E-state index in [1.54, 1.807) is 6.07 Å². The Bertz CT molecular complexity index is 1010. The highest BCUT2D eigenvalue weighted by atomic mass is 16.1. The monoisotopic (exact) mass is 313 g/mol. The largest absolute Gasteiger partial charge is 0.296 e. The van der Waals surface area contributed by atoms with Gasteiger partial charge in [0.1, 0.15) is 11.4 Å². The van der Waals surface area contributed by atoms with Crippen LogP contribution < -0.4 is 0 Å². The summed E-state index contributed by atoms with van der Waals surface area (Å²) in [5.74, 6) is 0. The summed E-state index contributed by atoms with van der Waals surface area (Å²) in [5, 5.41) is 5.80. The number of pyridine rings is 1. The lowest BCUT2D eigenvalue weighted by Crippen LogP contribution is -2.01. The third-order valence-electron chi connectivity index (χ3n) is 3.97. The molecule has 2 aromatic carbocycles. The van der Waals surface area contributed by atoms with E-state index in [-0.39, 0.29) is 0 Å². The Morgan fingerprint density at radius 2 is 1.67 bits per heavy atom. The molecule has 0 atom stereocenters. The second-order valence-electron chi connectivity index (χ2n) is 5.57. The smallest absolute Gasteiger partial charge is 0.168 e. The van der Waals surface area contributed by atoms with Crippen LogP contribution in [0, 0.1) is 0 Å². The highest BCUT2D eigenvalue weighted by Gasteiger charge is 2.13. The first kappa shape index (κ1) is 14.3. The van der Waals surface area contributed by atoms with Crippen LogP contribution in [0.15, 0.2) is 72.8 Å². The summed E-state index contributed by atoms with van der Waals surface area (Å²) in [6.45, 7) is 0.689. The number of nitrogens with zero attached hydrogens (tertiary/aromatic N) is 3. The molecule has 0 N–H and O–H groups in total. The van der Waals surface area contributed by atoms with E-state index in [1.807, 2.05) is 53.2 Å². The van der Waals surface area contributed by atoms with Crippen LogP contribution in [0.3, 0.4) is 0 Å². The second-order valence-corrected chi connectivity index (χ2v) is 5.57. The Labute approximate surface area is 139 Å². The van der Waals surface area contributed by atoms with Crippen molar-refractivity contribution in [3.63, 3.8) is 0 Å². The maximum absolute atomic E-state index is 11.0. The number of aromatic nitrogens is 3. The van der Waals surface area contributed by atoms with Crippen LogP contribution in [-0.2, 0) is 6.54 Å². The lowest BCUT2D eigenvalue weighted by Gasteiger charge is -2.03. The quantitative estimate of drug-likeness (QED) is 0.536. The Morgan fingerprint density at radius 1 is 0.875 bits per heavy atom. The number of fused-ring (bicyclic) bond motifs is 1. The molecule has 2 heterocycles. The molecule has 0 amide bonds. The molecule has 0 saturated heterocycles. The number of rotatable bonds is 4. The predicted molar refractivity (Wildman–Crippen MR) is 93.9 cm³/mol. The van der Waals surface area contributed by atoms with Gasteiger partial charge in [-0.3, -0.25) is 9.48 Å². The second kappa shape index (κ2) is 6.08. The summed E-state index contributed by atoms with van der Waals surface area (Å²) in [6, 6.07) is 23.7. The van der Waals surface area contributed by atoms with Crippen molar-refractivity contribution in [2.24, 2.45) is 0 Å². The van der Waals surface area contributed by atoms with Gasteiger partial charge in [0, 0.05) is 5.39 Å². The van der Waals surface area contributed by atoms with E-state index in [0.29, 0.717) is 17.9 Å². The van der Waals surface area contributed by atoms with Crippen molar-refractivity contribution in [1.82, 2.24) is 14.8 Å². The maximum Gasteiger partial charge on any atom is 0.168 e. The summed E-state index contributed by atoms with van der Waals surface area (Å²) >= 11 is 0. The fourth-order valence-corrected chi connectivity index (χ4v) is 2.84. The molecule has 4 nitrogen and oxygen atoms in total. The SMILES string of the molecule is O=Cc1cccc(-c2nn(Cc3ccccc3)c3ccccc23)n1. The van der Waals surface area contributed by atoms with Crippen LogP contribution in [0.2, 0.25) is 0 Å². The van der Waals surface area contributed by atoms with Crippen LogP contribution in [0.25, 0.3) is 22.3 Å². The van der Waals surface area contributed by atoms with Gasteiger partial charge >= 0.3 is 0 Å². The topological polar surface area (TPSA) is 47.8 Å². The minimum Gasteiger partial charge on any atom is -0.296 e. The molecule has 4 rings (SSSR count). The van der Waals surface area contributed by atoms with Crippen molar-refractivity contribution in [2.45, 2.75) is 6.54 Å². The molecule has 0 saturated carbocycles. The molecule has 0 aliphatic rings. The minimum absolute atomic E-state index is 0.411. The van der Waals surface area contributed by atoms with Crippen molar-refractivity contribution in [3.05, 3.63) is 84.1 Å². The number of para-hydroxylation sites is 1. The highest BCUT2D eigenvalue weighted by Crippen LogP contribution is 2.27. The zero-order valence-corrected chi connectivity index (χ0v) is 13.0. The standard InChI is InChI=1S/C20H15N3O/c24-14-16-9-6-11-18(21-16)20-17-10-4-5-12-19(17)23(22-20)13-15-7-2-1-3-8-15/h1-12,14H,13H2. The van der Waals surface area contributed by atoms with Gasteiger partial charge < -0.3 is 0 Å². The van der Waals surface area contributed by atoms with Crippen LogP contribution in [0.1, 0.15) is 16.1 Å². The molecular formula is C20H15N3O. The van der Waals surface area contributed by atoms with Gasteiger partial charge in [0.2, 0.25) is 0 Å². The number of carbonyl (C=O) groups is 1. The first-order chi connectivity index (χ1) is 11.8. The summed E-state index contributed by atoms with van der Waals surface area (Å²) in [7, 11) is 0. The van der Waals surface area contributed by atoms with Crippen LogP contribution in [0.5, 0.6) is 0 Å². The molecule has 116 valence electrons. The average molecular weight is 313 g/mol. The van der Waals surface area contributed by atoms with E-state index in [9.17, 15) is 4.79 Å². The van der Waals surface area contributed by atoms with Crippen molar-refractivity contribution < 1.29 is 4.79 Å². The van der Waals surface area contributed by atoms with E-state index in [4.69, 9.17) is 5.10 Å². The molecule has 24 heavy (non-hydrogen) atoms.